The van der Waals surface area contributed by atoms with E-state index in [0.29, 0.717) is 32.1 Å². The van der Waals surface area contributed by atoms with E-state index in [-0.39, 0.29) is 12.1 Å². The van der Waals surface area contributed by atoms with Gasteiger partial charge < -0.3 is 14.9 Å². The first-order valence-corrected chi connectivity index (χ1v) is 9.32. The van der Waals surface area contributed by atoms with E-state index in [0.717, 1.165) is 6.42 Å². The Hall–Kier alpha value is -2.35. The third-order valence-corrected chi connectivity index (χ3v) is 3.42. The van der Waals surface area contributed by atoms with Crippen molar-refractivity contribution in [1.82, 2.24) is 0 Å². The molecule has 2 N–H and O–H groups in total. The molecule has 0 aliphatic heterocycles. The van der Waals surface area contributed by atoms with Gasteiger partial charge in [-0.1, -0.05) is 61.3 Å². The van der Waals surface area contributed by atoms with Gasteiger partial charge in [0.05, 0.1) is 19.3 Å². The van der Waals surface area contributed by atoms with Crippen molar-refractivity contribution < 1.29 is 19.7 Å². The summed E-state index contributed by atoms with van der Waals surface area (Å²) < 4.78 is 4.54. The summed E-state index contributed by atoms with van der Waals surface area (Å²) in [5.41, 5.74) is 0. The highest BCUT2D eigenvalue weighted by molar-refractivity contribution is 5.69. The van der Waals surface area contributed by atoms with Gasteiger partial charge in [0.15, 0.2) is 0 Å². The van der Waals surface area contributed by atoms with Crippen molar-refractivity contribution >= 4 is 5.97 Å². The van der Waals surface area contributed by atoms with Gasteiger partial charge >= 0.3 is 5.97 Å². The van der Waals surface area contributed by atoms with Crippen LogP contribution in [0.1, 0.15) is 45.4 Å². The number of ether oxygens (including phenoxy) is 1. The molecule has 0 aliphatic carbocycles. The molecule has 0 saturated heterocycles. The van der Waals surface area contributed by atoms with Gasteiger partial charge in [0.2, 0.25) is 0 Å². The largest absolute Gasteiger partial charge is 0.469 e. The zero-order valence-corrected chi connectivity index (χ0v) is 16.4. The molecule has 0 spiro atoms. The third kappa shape index (κ3) is 18.2. The van der Waals surface area contributed by atoms with Gasteiger partial charge in [-0.2, -0.15) is 0 Å². The Balaban J connectivity index is 3.93. The van der Waals surface area contributed by atoms with E-state index in [1.807, 2.05) is 42.5 Å². The zero-order chi connectivity index (χ0) is 20.2. The van der Waals surface area contributed by atoms with Gasteiger partial charge in [-0.05, 0) is 50.3 Å². The Kier molecular flexibility index (Phi) is 16.8. The number of aliphatic hydroxyl groups is 2. The third-order valence-electron chi connectivity index (χ3n) is 3.42. The van der Waals surface area contributed by atoms with Gasteiger partial charge in [0.1, 0.15) is 0 Å². The van der Waals surface area contributed by atoms with E-state index < -0.39 is 6.10 Å². The molecule has 0 aromatic heterocycles. The first kappa shape index (κ1) is 24.7. The highest BCUT2D eigenvalue weighted by atomic mass is 16.5. The number of rotatable bonds is 12. The maximum atomic E-state index is 10.9. The highest BCUT2D eigenvalue weighted by Crippen LogP contribution is 2.01. The Labute approximate surface area is 163 Å². The second kappa shape index (κ2) is 18.4. The van der Waals surface area contributed by atoms with Crippen LogP contribution in [0.4, 0.5) is 0 Å². The number of aliphatic hydroxyl groups excluding tert-OH is 2. The fraction of sp³-hybridized carbons (Fsp3) is 0.435. The second-order valence-corrected chi connectivity index (χ2v) is 5.83. The number of esters is 1. The maximum absolute atomic E-state index is 10.9. The second-order valence-electron chi connectivity index (χ2n) is 5.83. The fourth-order valence-corrected chi connectivity index (χ4v) is 1.92. The lowest BCUT2D eigenvalue weighted by Gasteiger charge is -2.02. The number of hydrogen-bond acceptors (Lipinski definition) is 4. The van der Waals surface area contributed by atoms with Crippen molar-refractivity contribution in [3.8, 4) is 11.8 Å². The van der Waals surface area contributed by atoms with Crippen LogP contribution in [-0.4, -0.2) is 35.5 Å². The molecule has 0 aliphatic rings. The van der Waals surface area contributed by atoms with E-state index in [9.17, 15) is 15.0 Å². The summed E-state index contributed by atoms with van der Waals surface area (Å²) in [7, 11) is 1.37. The molecule has 0 saturated carbocycles. The minimum Gasteiger partial charge on any atom is -0.469 e. The molecule has 4 heteroatoms. The summed E-state index contributed by atoms with van der Waals surface area (Å²) in [6.45, 7) is 2.07. The average molecular weight is 373 g/mol. The quantitative estimate of drug-likeness (QED) is 0.235. The smallest absolute Gasteiger partial charge is 0.305 e. The number of hydrogen-bond donors (Lipinski definition) is 2. The lowest BCUT2D eigenvalue weighted by Crippen LogP contribution is -2.02. The SMILES string of the molecule is CC/C=C\C[C@H](O)C/C=C/C=C/C#C/C=C/[C@@H](O)C/C=C\CCC(=O)OC. The minimum atomic E-state index is -0.596. The summed E-state index contributed by atoms with van der Waals surface area (Å²) in [5.74, 6) is 5.43. The normalized spacial score (nSPS) is 14.4. The Morgan fingerprint density at radius 1 is 0.963 bits per heavy atom. The van der Waals surface area contributed by atoms with Crippen LogP contribution >= 0.6 is 0 Å². The molecule has 0 heterocycles. The lowest BCUT2D eigenvalue weighted by molar-refractivity contribution is -0.140. The van der Waals surface area contributed by atoms with Gasteiger partial charge in [-0.3, -0.25) is 4.79 Å². The van der Waals surface area contributed by atoms with Crippen molar-refractivity contribution in [2.24, 2.45) is 0 Å². The van der Waals surface area contributed by atoms with E-state index in [1.54, 1.807) is 18.2 Å². The van der Waals surface area contributed by atoms with Crippen molar-refractivity contribution in [2.75, 3.05) is 7.11 Å². The molecule has 148 valence electrons. The molecule has 0 fully saturated rings. The fourth-order valence-electron chi connectivity index (χ4n) is 1.92. The van der Waals surface area contributed by atoms with Crippen LogP contribution in [-0.2, 0) is 9.53 Å². The number of carbonyl (C=O) groups is 1. The summed E-state index contributed by atoms with van der Waals surface area (Å²) in [4.78, 5) is 10.9. The molecule has 0 rings (SSSR count). The summed E-state index contributed by atoms with van der Waals surface area (Å²) in [5, 5.41) is 19.5. The van der Waals surface area contributed by atoms with E-state index in [4.69, 9.17) is 0 Å². The van der Waals surface area contributed by atoms with Gasteiger partial charge in [0, 0.05) is 6.42 Å². The van der Waals surface area contributed by atoms with E-state index >= 15 is 0 Å². The Morgan fingerprint density at radius 3 is 2.41 bits per heavy atom. The van der Waals surface area contributed by atoms with Crippen LogP contribution in [0.5, 0.6) is 0 Å². The van der Waals surface area contributed by atoms with E-state index in [2.05, 4.69) is 23.5 Å². The summed E-state index contributed by atoms with van der Waals surface area (Å²) in [6.07, 6.45) is 21.1. The molecule has 0 bridgehead atoms. The van der Waals surface area contributed by atoms with Gasteiger partial charge in [-0.25, -0.2) is 0 Å². The summed E-state index contributed by atoms with van der Waals surface area (Å²) >= 11 is 0. The number of allylic oxidation sites excluding steroid dienone is 6. The van der Waals surface area contributed by atoms with Crippen LogP contribution in [0.25, 0.3) is 0 Å². The Morgan fingerprint density at radius 2 is 1.67 bits per heavy atom. The van der Waals surface area contributed by atoms with E-state index in [1.165, 1.54) is 7.11 Å². The molecule has 0 amide bonds. The zero-order valence-electron chi connectivity index (χ0n) is 16.4. The summed E-state index contributed by atoms with van der Waals surface area (Å²) in [6, 6.07) is 0. The molecular weight excluding hydrogens is 340 g/mol. The van der Waals surface area contributed by atoms with Crippen LogP contribution in [0, 0.1) is 11.8 Å². The predicted octanol–water partition coefficient (Wildman–Crippen LogP) is 4.03. The van der Waals surface area contributed by atoms with Gasteiger partial charge in [0.25, 0.3) is 0 Å². The van der Waals surface area contributed by atoms with Crippen LogP contribution in [0.2, 0.25) is 0 Å². The monoisotopic (exact) mass is 372 g/mol. The molecule has 4 nitrogen and oxygen atoms in total. The lowest BCUT2D eigenvalue weighted by atomic mass is 10.1. The molecule has 0 aromatic carbocycles. The predicted molar refractivity (Wildman–Crippen MR) is 111 cm³/mol. The van der Waals surface area contributed by atoms with Crippen LogP contribution in [0.3, 0.4) is 0 Å². The topological polar surface area (TPSA) is 66.8 Å². The molecule has 2 atom stereocenters. The van der Waals surface area contributed by atoms with Crippen LogP contribution < -0.4 is 0 Å². The highest BCUT2D eigenvalue weighted by Gasteiger charge is 1.97. The average Bonchev–Trinajstić information content (AvgIpc) is 2.66. The standard InChI is InChI=1S/C23H32O4/c1-3-4-11-16-21(24)17-12-8-6-5-7-9-13-18-22(25)19-14-10-15-20-23(26)27-2/h4-6,8,10-14,18,21-22,24-25H,3,15-17,19-20H2,1-2H3/b6-5+,11-4-,12-8+,14-10-,18-13+/t21-,22+/m0/s1. The molecular formula is C23H32O4. The Bertz CT molecular complexity index is 585. The van der Waals surface area contributed by atoms with Crippen molar-refractivity contribution in [3.05, 3.63) is 60.8 Å². The minimum absolute atomic E-state index is 0.237. The van der Waals surface area contributed by atoms with Gasteiger partial charge in [-0.15, -0.1) is 0 Å². The molecule has 0 radical (unpaired) electrons. The molecule has 0 unspecified atom stereocenters. The molecule has 27 heavy (non-hydrogen) atoms. The first-order valence-electron chi connectivity index (χ1n) is 9.32. The maximum Gasteiger partial charge on any atom is 0.305 e. The first-order chi connectivity index (χ1) is 13.1. The van der Waals surface area contributed by atoms with Crippen molar-refractivity contribution in [3.63, 3.8) is 0 Å². The number of carbonyl (C=O) groups excluding carboxylic acids is 1. The number of methoxy groups -OCH3 is 1. The molecule has 0 aromatic rings. The van der Waals surface area contributed by atoms with Crippen LogP contribution in [0.15, 0.2) is 60.8 Å². The van der Waals surface area contributed by atoms with Crippen molar-refractivity contribution in [1.29, 1.82) is 0 Å². The van der Waals surface area contributed by atoms with Crippen molar-refractivity contribution in [2.45, 2.75) is 57.7 Å².